The molecule has 0 spiro atoms. The number of aliphatic hydroxyl groups is 1. The summed E-state index contributed by atoms with van der Waals surface area (Å²) in [5.41, 5.74) is 1.17. The van der Waals surface area contributed by atoms with Crippen molar-refractivity contribution in [1.82, 2.24) is 4.90 Å². The first-order chi connectivity index (χ1) is 12.8. The fourth-order valence-corrected chi connectivity index (χ4v) is 2.88. The van der Waals surface area contributed by atoms with Crippen molar-refractivity contribution in [2.45, 2.75) is 6.42 Å². The van der Waals surface area contributed by atoms with Crippen LogP contribution in [0.4, 0.5) is 0 Å². The quantitative estimate of drug-likeness (QED) is 0.679. The first-order valence-corrected chi connectivity index (χ1v) is 8.80. The number of fused-ring (bicyclic) bond motifs is 1. The summed E-state index contributed by atoms with van der Waals surface area (Å²) in [4.78, 5) is 14.1. The van der Waals surface area contributed by atoms with Gasteiger partial charge in [0.1, 0.15) is 5.75 Å². The van der Waals surface area contributed by atoms with Gasteiger partial charge in [-0.2, -0.15) is 0 Å². The molecule has 3 rings (SSSR count). The van der Waals surface area contributed by atoms with Crippen LogP contribution in [0.2, 0.25) is 0 Å². The van der Waals surface area contributed by atoms with E-state index in [1.54, 1.807) is 4.90 Å². The van der Waals surface area contributed by atoms with Gasteiger partial charge in [0.2, 0.25) is 0 Å². The van der Waals surface area contributed by atoms with Crippen LogP contribution in [0, 0.1) is 0 Å². The molecule has 0 atom stereocenters. The zero-order valence-corrected chi connectivity index (χ0v) is 14.7. The number of ether oxygens (including phenoxy) is 1. The molecule has 0 aromatic heterocycles. The average molecular weight is 349 g/mol. The highest BCUT2D eigenvalue weighted by Gasteiger charge is 2.14. The van der Waals surface area contributed by atoms with Crippen molar-refractivity contribution in [2.24, 2.45) is 0 Å². The fourth-order valence-electron chi connectivity index (χ4n) is 2.88. The lowest BCUT2D eigenvalue weighted by atomic mass is 10.1. The summed E-state index contributed by atoms with van der Waals surface area (Å²) in [6.07, 6.45) is 0.753. The van der Waals surface area contributed by atoms with Crippen molar-refractivity contribution in [1.29, 1.82) is 0 Å². The highest BCUT2D eigenvalue weighted by molar-refractivity contribution is 5.84. The summed E-state index contributed by atoms with van der Waals surface area (Å²) in [6, 6.07) is 23.8. The largest absolute Gasteiger partial charge is 0.484 e. The van der Waals surface area contributed by atoms with Gasteiger partial charge in [0, 0.05) is 13.1 Å². The Labute approximate surface area is 153 Å². The number of amides is 1. The molecule has 0 aliphatic carbocycles. The Morgan fingerprint density at radius 2 is 1.62 bits per heavy atom. The summed E-state index contributed by atoms with van der Waals surface area (Å²) in [6.45, 7) is 0.779. The number of nitrogens with zero attached hydrogens (tertiary/aromatic N) is 1. The fraction of sp³-hybridized carbons (Fsp3) is 0.227. The molecule has 4 nitrogen and oxygen atoms in total. The van der Waals surface area contributed by atoms with Crippen LogP contribution >= 0.6 is 0 Å². The maximum Gasteiger partial charge on any atom is 0.260 e. The number of hydrogen-bond donors (Lipinski definition) is 1. The monoisotopic (exact) mass is 349 g/mol. The van der Waals surface area contributed by atoms with E-state index in [0.29, 0.717) is 18.8 Å². The second kappa shape index (κ2) is 9.02. The van der Waals surface area contributed by atoms with E-state index in [2.05, 4.69) is 0 Å². The van der Waals surface area contributed by atoms with E-state index in [4.69, 9.17) is 4.74 Å². The van der Waals surface area contributed by atoms with E-state index in [9.17, 15) is 9.90 Å². The number of rotatable bonds is 8. The first kappa shape index (κ1) is 18.0. The molecule has 0 heterocycles. The molecule has 26 heavy (non-hydrogen) atoms. The van der Waals surface area contributed by atoms with Gasteiger partial charge in [0.05, 0.1) is 6.61 Å². The molecule has 0 fully saturated rings. The van der Waals surface area contributed by atoms with Crippen LogP contribution in [0.25, 0.3) is 10.8 Å². The van der Waals surface area contributed by atoms with Crippen LogP contribution in [0.15, 0.2) is 72.8 Å². The molecule has 0 aliphatic heterocycles. The average Bonchev–Trinajstić information content (AvgIpc) is 2.70. The summed E-state index contributed by atoms with van der Waals surface area (Å²) < 4.78 is 5.68. The third kappa shape index (κ3) is 4.83. The molecule has 0 aliphatic rings. The second-order valence-corrected chi connectivity index (χ2v) is 6.14. The predicted octanol–water partition coefficient (Wildman–Crippen LogP) is 3.28. The van der Waals surface area contributed by atoms with Crippen LogP contribution in [0.5, 0.6) is 5.75 Å². The van der Waals surface area contributed by atoms with Crippen molar-refractivity contribution >= 4 is 16.7 Å². The topological polar surface area (TPSA) is 49.8 Å². The van der Waals surface area contributed by atoms with Crippen LogP contribution in [0.1, 0.15) is 5.56 Å². The minimum atomic E-state index is -0.122. The van der Waals surface area contributed by atoms with E-state index < -0.39 is 0 Å². The third-order valence-corrected chi connectivity index (χ3v) is 4.32. The summed E-state index contributed by atoms with van der Waals surface area (Å²) >= 11 is 0. The van der Waals surface area contributed by atoms with Gasteiger partial charge >= 0.3 is 0 Å². The van der Waals surface area contributed by atoms with Crippen LogP contribution in [-0.2, 0) is 11.2 Å². The summed E-state index contributed by atoms with van der Waals surface area (Å²) in [5, 5.41) is 11.5. The lowest BCUT2D eigenvalue weighted by Crippen LogP contribution is -2.38. The van der Waals surface area contributed by atoms with Gasteiger partial charge in [-0.3, -0.25) is 4.79 Å². The number of aliphatic hydroxyl groups excluding tert-OH is 1. The minimum Gasteiger partial charge on any atom is -0.484 e. The number of carbonyl (C=O) groups is 1. The van der Waals surface area contributed by atoms with Crippen molar-refractivity contribution in [2.75, 3.05) is 26.3 Å². The maximum atomic E-state index is 12.5. The Hall–Kier alpha value is -2.85. The molecule has 0 bridgehead atoms. The molecule has 3 aromatic rings. The maximum absolute atomic E-state index is 12.5. The highest BCUT2D eigenvalue weighted by atomic mass is 16.5. The van der Waals surface area contributed by atoms with Gasteiger partial charge < -0.3 is 14.7 Å². The third-order valence-electron chi connectivity index (χ3n) is 4.32. The van der Waals surface area contributed by atoms with E-state index in [-0.39, 0.29) is 19.1 Å². The molecule has 0 saturated heterocycles. The van der Waals surface area contributed by atoms with Gasteiger partial charge in [-0.25, -0.2) is 0 Å². The summed E-state index contributed by atoms with van der Waals surface area (Å²) in [5.74, 6) is 0.548. The van der Waals surface area contributed by atoms with E-state index >= 15 is 0 Å². The Morgan fingerprint density at radius 3 is 2.38 bits per heavy atom. The lowest BCUT2D eigenvalue weighted by molar-refractivity contribution is -0.133. The number of hydrogen-bond acceptors (Lipinski definition) is 3. The molecule has 0 radical (unpaired) electrons. The van der Waals surface area contributed by atoms with Crippen molar-refractivity contribution in [3.63, 3.8) is 0 Å². The molecule has 134 valence electrons. The minimum absolute atomic E-state index is 0.0346. The van der Waals surface area contributed by atoms with E-state index in [1.165, 1.54) is 5.56 Å². The smallest absolute Gasteiger partial charge is 0.260 e. The molecular formula is C22H23NO3. The predicted molar refractivity (Wildman–Crippen MR) is 103 cm³/mol. The van der Waals surface area contributed by atoms with Crippen molar-refractivity contribution < 1.29 is 14.6 Å². The standard InChI is InChI=1S/C22H23NO3/c24-15-14-23(13-12-18-6-2-1-3-7-18)22(25)17-26-21-11-10-19-8-4-5-9-20(19)16-21/h1-11,16,24H,12-15,17H2. The number of benzene rings is 3. The zero-order valence-electron chi connectivity index (χ0n) is 14.7. The van der Waals surface area contributed by atoms with Gasteiger partial charge in [-0.1, -0.05) is 60.7 Å². The molecular weight excluding hydrogens is 326 g/mol. The van der Waals surface area contributed by atoms with Gasteiger partial charge in [-0.15, -0.1) is 0 Å². The van der Waals surface area contributed by atoms with E-state index in [1.807, 2.05) is 72.8 Å². The Bertz CT molecular complexity index is 848. The van der Waals surface area contributed by atoms with Gasteiger partial charge in [0.15, 0.2) is 6.61 Å². The molecule has 0 saturated carbocycles. The molecule has 1 N–H and O–H groups in total. The zero-order chi connectivity index (χ0) is 18.2. The SMILES string of the molecule is O=C(COc1ccc2ccccc2c1)N(CCO)CCc1ccccc1. The normalized spacial score (nSPS) is 10.7. The van der Waals surface area contributed by atoms with Gasteiger partial charge in [0.25, 0.3) is 5.91 Å². The van der Waals surface area contributed by atoms with Crippen molar-refractivity contribution in [3.05, 3.63) is 78.4 Å². The molecule has 4 heteroatoms. The molecule has 1 amide bonds. The van der Waals surface area contributed by atoms with Crippen LogP contribution in [-0.4, -0.2) is 42.2 Å². The molecule has 3 aromatic carbocycles. The highest BCUT2D eigenvalue weighted by Crippen LogP contribution is 2.20. The molecule has 0 unspecified atom stereocenters. The van der Waals surface area contributed by atoms with Crippen LogP contribution < -0.4 is 4.74 Å². The van der Waals surface area contributed by atoms with Crippen molar-refractivity contribution in [3.8, 4) is 5.75 Å². The lowest BCUT2D eigenvalue weighted by Gasteiger charge is -2.22. The van der Waals surface area contributed by atoms with E-state index in [0.717, 1.165) is 17.2 Å². The van der Waals surface area contributed by atoms with Crippen LogP contribution in [0.3, 0.4) is 0 Å². The summed E-state index contributed by atoms with van der Waals surface area (Å²) in [7, 11) is 0. The number of carbonyl (C=O) groups excluding carboxylic acids is 1. The first-order valence-electron chi connectivity index (χ1n) is 8.80. The second-order valence-electron chi connectivity index (χ2n) is 6.14. The Balaban J connectivity index is 1.58. The Kier molecular flexibility index (Phi) is 6.23. The van der Waals surface area contributed by atoms with Gasteiger partial charge in [-0.05, 0) is 34.9 Å². The Morgan fingerprint density at radius 1 is 0.885 bits per heavy atom.